The van der Waals surface area contributed by atoms with Crippen molar-refractivity contribution < 1.29 is 51.3 Å². The van der Waals surface area contributed by atoms with Gasteiger partial charge in [0.05, 0.1) is 0 Å². The van der Waals surface area contributed by atoms with E-state index in [4.69, 9.17) is 0 Å². The second kappa shape index (κ2) is 16.9. The number of hydrogen-bond donors (Lipinski definition) is 0. The van der Waals surface area contributed by atoms with Crippen LogP contribution in [0.15, 0.2) is 22.4 Å². The van der Waals surface area contributed by atoms with Crippen LogP contribution in [0.4, 0.5) is 0 Å². The summed E-state index contributed by atoms with van der Waals surface area (Å²) >= 11 is 0. The zero-order valence-corrected chi connectivity index (χ0v) is 13.1. The van der Waals surface area contributed by atoms with Gasteiger partial charge in [-0.25, -0.2) is 11.6 Å². The molecule has 83 valence electrons. The first-order valence-electron chi connectivity index (χ1n) is 3.85. The van der Waals surface area contributed by atoms with Crippen molar-refractivity contribution in [2.75, 3.05) is 0 Å². The third-order valence-electron chi connectivity index (χ3n) is 1.18. The van der Waals surface area contributed by atoms with Crippen LogP contribution in [0.3, 0.4) is 0 Å². The van der Waals surface area contributed by atoms with E-state index in [0.717, 1.165) is 6.42 Å². The minimum Gasteiger partial charge on any atom is -1.00 e. The van der Waals surface area contributed by atoms with Crippen LogP contribution >= 0.6 is 0 Å². The third-order valence-corrected chi connectivity index (χ3v) is 1.80. The number of carbonyl (C=O) groups excluding carboxylic acids is 1. The van der Waals surface area contributed by atoms with E-state index in [1.165, 1.54) is 5.57 Å². The van der Waals surface area contributed by atoms with Crippen molar-refractivity contribution in [2.45, 2.75) is 26.4 Å². The molecular weight excluding hydrogens is 285 g/mol. The van der Waals surface area contributed by atoms with Crippen LogP contribution in [0.25, 0.3) is 0 Å². The molecule has 0 saturated heterocycles. The molecule has 2 nitrogen and oxygen atoms in total. The van der Waals surface area contributed by atoms with Crippen LogP contribution in [-0.4, -0.2) is 15.0 Å². The number of nitrogens with zero attached hydrogens (tertiary/aromatic N) is 1. The smallest absolute Gasteiger partial charge is 1.00 e. The first kappa shape index (κ1) is 24.6. The van der Waals surface area contributed by atoms with Gasteiger partial charge in [0.1, 0.15) is 8.59 Å². The summed E-state index contributed by atoms with van der Waals surface area (Å²) < 4.78 is 3.55. The zero-order chi connectivity index (χ0) is 9.40. The summed E-state index contributed by atoms with van der Waals surface area (Å²) in [6.45, 7) is 5.97. The van der Waals surface area contributed by atoms with Crippen molar-refractivity contribution in [3.63, 3.8) is 0 Å². The fourth-order valence-corrected chi connectivity index (χ4v) is 0.831. The first-order chi connectivity index (χ1) is 5.66. The summed E-state index contributed by atoms with van der Waals surface area (Å²) in [4.78, 5) is 9.47. The Morgan fingerprint density at radius 1 is 1.47 bits per heavy atom. The molecule has 0 heterocycles. The number of amides is 1. The van der Waals surface area contributed by atoms with Crippen LogP contribution in [0, 0.1) is 6.08 Å². The van der Waals surface area contributed by atoms with Gasteiger partial charge in [-0.2, -0.15) is 6.08 Å². The molecule has 0 N–H and O–H groups in total. The first-order valence-corrected chi connectivity index (χ1v) is 6.30. The van der Waals surface area contributed by atoms with Crippen molar-refractivity contribution in [1.29, 1.82) is 0 Å². The molecule has 0 aromatic rings. The predicted octanol–water partition coefficient (Wildman–Crippen LogP) is -3.64. The molecule has 0 saturated carbocycles. The summed E-state index contributed by atoms with van der Waals surface area (Å²) in [6.07, 6.45) is 8.95. The minimum atomic E-state index is -0.629. The van der Waals surface area contributed by atoms with Gasteiger partial charge in [-0.05, 0) is 13.1 Å². The van der Waals surface area contributed by atoms with Gasteiger partial charge >= 0.3 is 21.7 Å². The van der Waals surface area contributed by atoms with Crippen molar-refractivity contribution in [2.24, 2.45) is 4.63 Å². The number of rotatable bonds is 1. The van der Waals surface area contributed by atoms with Gasteiger partial charge in [-0.3, -0.25) is 15.5 Å². The quantitative estimate of drug-likeness (QED) is 0.279. The molecule has 0 fully saturated rings. The molecule has 1 amide bonds. The van der Waals surface area contributed by atoms with Gasteiger partial charge in [0.25, 0.3) is 0 Å². The molecule has 1 rings (SSSR count). The number of halogens is 2. The molecule has 15 heavy (non-hydrogen) atoms. The SMILES string of the molecule is CC1=[C-]CC=C1.C[Si](C)=NC=O.[Cl-].[Cl-].[Ti+3]. The van der Waals surface area contributed by atoms with Crippen molar-refractivity contribution in [3.8, 4) is 0 Å². The molecule has 1 aliphatic carbocycles. The van der Waals surface area contributed by atoms with E-state index in [1.807, 2.05) is 13.1 Å². The fourth-order valence-electron chi connectivity index (χ4n) is 0.620. The van der Waals surface area contributed by atoms with E-state index in [9.17, 15) is 4.79 Å². The maximum absolute atomic E-state index is 9.47. The maximum Gasteiger partial charge on any atom is 3.00 e. The van der Waals surface area contributed by atoms with Crippen molar-refractivity contribution in [1.82, 2.24) is 0 Å². The molecule has 6 heteroatoms. The Kier molecular flexibility index (Phi) is 27.7. The Morgan fingerprint density at radius 3 is 2.07 bits per heavy atom. The third kappa shape index (κ3) is 20.5. The Bertz CT molecular complexity index is 236. The normalized spacial score (nSPS) is 10.2. The zero-order valence-electron chi connectivity index (χ0n) is 9.05. The van der Waals surface area contributed by atoms with Gasteiger partial charge in [0.2, 0.25) is 6.41 Å². The summed E-state index contributed by atoms with van der Waals surface area (Å²) in [5, 5.41) is 0. The van der Waals surface area contributed by atoms with Crippen LogP contribution < -0.4 is 24.8 Å². The van der Waals surface area contributed by atoms with Gasteiger partial charge in [0.15, 0.2) is 0 Å². The van der Waals surface area contributed by atoms with Crippen LogP contribution in [0.1, 0.15) is 13.3 Å². The topological polar surface area (TPSA) is 29.4 Å². The van der Waals surface area contributed by atoms with Crippen LogP contribution in [-0.2, 0) is 26.5 Å². The summed E-state index contributed by atoms with van der Waals surface area (Å²) in [5.41, 5.74) is 1.27. The predicted molar refractivity (Wildman–Crippen MR) is 52.2 cm³/mol. The van der Waals surface area contributed by atoms with Gasteiger partial charge in [0, 0.05) is 0 Å². The molecule has 0 bridgehead atoms. The molecule has 0 spiro atoms. The standard InChI is InChI=1S/C6H7.C3H7NOSi.2ClH.Ti/c1-6-4-2-3-5-6;1-6(2)4-3-5;;;/h2,4H,3H2,1H3;3H,1-2H3;2*1H;/q-1;;;;+3/p-2. The molecule has 1 aliphatic rings. The summed E-state index contributed by atoms with van der Waals surface area (Å²) in [7, 11) is -0.629. The molecular formula is C9H14Cl2NOSiTi. The Hall–Kier alpha value is 0.461. The maximum atomic E-state index is 9.47. The largest absolute Gasteiger partial charge is 3.00 e. The number of allylic oxidation sites excluding steroid dienone is 4. The van der Waals surface area contributed by atoms with Crippen LogP contribution in [0.5, 0.6) is 0 Å². The van der Waals surface area contributed by atoms with E-state index in [-0.39, 0.29) is 46.5 Å². The van der Waals surface area contributed by atoms with Gasteiger partial charge in [-0.15, -0.1) is 6.42 Å². The molecule has 0 aliphatic heterocycles. The van der Waals surface area contributed by atoms with Gasteiger partial charge in [-0.1, -0.05) is 6.92 Å². The van der Waals surface area contributed by atoms with Crippen molar-refractivity contribution >= 4 is 15.0 Å². The van der Waals surface area contributed by atoms with Crippen molar-refractivity contribution in [3.05, 3.63) is 23.8 Å². The molecule has 0 aromatic carbocycles. The van der Waals surface area contributed by atoms with E-state index >= 15 is 0 Å². The minimum absolute atomic E-state index is 0. The number of hydrogen-bond acceptors (Lipinski definition) is 1. The van der Waals surface area contributed by atoms with Crippen LogP contribution in [0.2, 0.25) is 13.1 Å². The Morgan fingerprint density at radius 2 is 2.00 bits per heavy atom. The second-order valence-electron chi connectivity index (χ2n) is 2.65. The molecule has 0 atom stereocenters. The Balaban J connectivity index is -0.0000000672. The Labute approximate surface area is 121 Å². The monoisotopic (exact) mass is 298 g/mol. The average Bonchev–Trinajstić information content (AvgIpc) is 2.40. The molecule has 0 aromatic heterocycles. The van der Waals surface area contributed by atoms with E-state index in [1.54, 1.807) is 0 Å². The number of carbonyl (C=O) groups is 1. The summed E-state index contributed by atoms with van der Waals surface area (Å²) in [5.74, 6) is 0. The summed E-state index contributed by atoms with van der Waals surface area (Å²) in [6, 6.07) is 0. The van der Waals surface area contributed by atoms with Gasteiger partial charge < -0.3 is 24.8 Å². The fraction of sp³-hybridized carbons (Fsp3) is 0.444. The van der Waals surface area contributed by atoms with E-state index < -0.39 is 8.59 Å². The second-order valence-corrected chi connectivity index (χ2v) is 4.80. The molecule has 1 radical (unpaired) electrons. The van der Waals surface area contributed by atoms with E-state index in [0.29, 0.717) is 6.41 Å². The van der Waals surface area contributed by atoms with E-state index in [2.05, 4.69) is 29.8 Å². The molecule has 0 unspecified atom stereocenters. The average molecular weight is 299 g/mol.